The fourth-order valence-electron chi connectivity index (χ4n) is 3.34. The van der Waals surface area contributed by atoms with Gasteiger partial charge in [0, 0.05) is 24.5 Å². The van der Waals surface area contributed by atoms with Crippen LogP contribution in [0.1, 0.15) is 34.9 Å². The van der Waals surface area contributed by atoms with E-state index in [1.807, 2.05) is 17.0 Å². The summed E-state index contributed by atoms with van der Waals surface area (Å²) in [6.45, 7) is 0.685. The summed E-state index contributed by atoms with van der Waals surface area (Å²) in [5, 5.41) is 3.09. The Balaban J connectivity index is 1.56. The zero-order valence-corrected chi connectivity index (χ0v) is 15.4. The monoisotopic (exact) mass is 376 g/mol. The minimum atomic E-state index is -0.116. The van der Waals surface area contributed by atoms with Crippen molar-refractivity contribution in [3.63, 3.8) is 0 Å². The third-order valence-electron chi connectivity index (χ3n) is 4.64. The number of methoxy groups -OCH3 is 1. The lowest BCUT2D eigenvalue weighted by Gasteiger charge is -2.24. The van der Waals surface area contributed by atoms with Crippen molar-refractivity contribution in [1.29, 1.82) is 0 Å². The van der Waals surface area contributed by atoms with Crippen molar-refractivity contribution in [2.45, 2.75) is 18.9 Å². The molecule has 0 bridgehead atoms. The molecule has 1 N–H and O–H groups in total. The number of anilines is 2. The number of likely N-dealkylation sites (tertiary alicyclic amines) is 1. The number of rotatable bonds is 5. The quantitative estimate of drug-likeness (QED) is 0.731. The zero-order valence-electron chi connectivity index (χ0n) is 15.4. The van der Waals surface area contributed by atoms with Crippen molar-refractivity contribution < 1.29 is 9.53 Å². The highest BCUT2D eigenvalue weighted by atomic mass is 16.5. The Bertz CT molecular complexity index is 966. The van der Waals surface area contributed by atoms with Crippen LogP contribution in [0.15, 0.2) is 55.2 Å². The number of hydrogen-bond acceptors (Lipinski definition) is 7. The number of nitrogens with zero attached hydrogens (tertiary/aromatic N) is 5. The number of ether oxygens (including phenoxy) is 1. The molecule has 0 aliphatic carbocycles. The van der Waals surface area contributed by atoms with Crippen LogP contribution in [0.2, 0.25) is 0 Å². The number of amides is 1. The number of hydrogen-bond donors (Lipinski definition) is 1. The van der Waals surface area contributed by atoms with Crippen LogP contribution in [-0.2, 0) is 0 Å². The summed E-state index contributed by atoms with van der Waals surface area (Å²) in [7, 11) is 1.59. The van der Waals surface area contributed by atoms with Gasteiger partial charge in [0.05, 0.1) is 37.4 Å². The van der Waals surface area contributed by atoms with Gasteiger partial charge in [-0.05, 0) is 31.0 Å². The van der Waals surface area contributed by atoms with E-state index in [1.165, 1.54) is 0 Å². The second kappa shape index (κ2) is 7.99. The molecule has 1 aromatic carbocycles. The molecule has 28 heavy (non-hydrogen) atoms. The van der Waals surface area contributed by atoms with E-state index in [9.17, 15) is 4.79 Å². The Morgan fingerprint density at radius 1 is 1.18 bits per heavy atom. The molecule has 1 aliphatic heterocycles. The number of carbonyl (C=O) groups excluding carboxylic acids is 1. The summed E-state index contributed by atoms with van der Waals surface area (Å²) in [6, 6.07) is 7.09. The van der Waals surface area contributed by atoms with Gasteiger partial charge in [0.1, 0.15) is 17.4 Å². The average Bonchev–Trinajstić information content (AvgIpc) is 3.24. The summed E-state index contributed by atoms with van der Waals surface area (Å²) < 4.78 is 5.24. The first-order valence-electron chi connectivity index (χ1n) is 9.04. The highest BCUT2D eigenvalue weighted by Gasteiger charge is 2.32. The van der Waals surface area contributed by atoms with Crippen molar-refractivity contribution in [2.24, 2.45) is 0 Å². The Morgan fingerprint density at radius 2 is 2.07 bits per heavy atom. The second-order valence-electron chi connectivity index (χ2n) is 6.43. The molecule has 142 valence electrons. The fourth-order valence-corrected chi connectivity index (χ4v) is 3.34. The maximum Gasteiger partial charge on any atom is 0.254 e. The molecule has 0 spiro atoms. The average molecular weight is 376 g/mol. The standard InChI is InChI=1S/C20H20N6O2/c1-28-15-5-2-4-14(10-15)20(27)26-9-3-6-17(26)16-11-22-13-19(24-16)25-18-12-21-7-8-23-18/h2,4-5,7-8,10-13,17H,3,6,9H2,1H3,(H,23,24,25). The first kappa shape index (κ1) is 17.8. The summed E-state index contributed by atoms with van der Waals surface area (Å²) in [6.07, 6.45) is 9.93. The van der Waals surface area contributed by atoms with Gasteiger partial charge >= 0.3 is 0 Å². The molecule has 3 heterocycles. The van der Waals surface area contributed by atoms with Crippen molar-refractivity contribution in [2.75, 3.05) is 19.0 Å². The van der Waals surface area contributed by atoms with Gasteiger partial charge in [0.2, 0.25) is 0 Å². The second-order valence-corrected chi connectivity index (χ2v) is 6.43. The minimum absolute atomic E-state index is 0.0320. The van der Waals surface area contributed by atoms with Crippen molar-refractivity contribution in [3.05, 3.63) is 66.5 Å². The molecular weight excluding hydrogens is 356 g/mol. The van der Waals surface area contributed by atoms with E-state index in [1.54, 1.807) is 50.2 Å². The zero-order chi connectivity index (χ0) is 19.3. The van der Waals surface area contributed by atoms with Gasteiger partial charge < -0.3 is 15.0 Å². The molecule has 1 aliphatic rings. The molecule has 0 saturated carbocycles. The maximum absolute atomic E-state index is 13.1. The Morgan fingerprint density at radius 3 is 2.89 bits per heavy atom. The third kappa shape index (κ3) is 3.75. The SMILES string of the molecule is COc1cccc(C(=O)N2CCCC2c2cncc(Nc3cnccn3)n2)c1. The van der Waals surface area contributed by atoms with E-state index in [0.717, 1.165) is 18.5 Å². The molecular formula is C20H20N6O2. The number of benzene rings is 1. The van der Waals surface area contributed by atoms with E-state index in [-0.39, 0.29) is 11.9 Å². The topological polar surface area (TPSA) is 93.1 Å². The van der Waals surface area contributed by atoms with Crippen LogP contribution in [0.4, 0.5) is 11.6 Å². The van der Waals surface area contributed by atoms with E-state index in [2.05, 4.69) is 25.3 Å². The predicted octanol–water partition coefficient (Wildman–Crippen LogP) is 3.00. The predicted molar refractivity (Wildman–Crippen MR) is 103 cm³/mol. The van der Waals surface area contributed by atoms with Gasteiger partial charge in [-0.25, -0.2) is 9.97 Å². The van der Waals surface area contributed by atoms with Crippen LogP contribution in [0, 0.1) is 0 Å². The first-order chi connectivity index (χ1) is 13.7. The molecule has 0 radical (unpaired) electrons. The number of carbonyl (C=O) groups is 1. The van der Waals surface area contributed by atoms with Gasteiger partial charge in [0.15, 0.2) is 0 Å². The molecule has 1 amide bonds. The normalized spacial score (nSPS) is 16.0. The summed E-state index contributed by atoms with van der Waals surface area (Å²) >= 11 is 0. The van der Waals surface area contributed by atoms with Crippen LogP contribution >= 0.6 is 0 Å². The van der Waals surface area contributed by atoms with Gasteiger partial charge in [-0.15, -0.1) is 0 Å². The van der Waals surface area contributed by atoms with E-state index in [4.69, 9.17) is 4.74 Å². The first-order valence-corrected chi connectivity index (χ1v) is 9.04. The molecule has 8 heteroatoms. The van der Waals surface area contributed by atoms with Crippen LogP contribution in [0.3, 0.4) is 0 Å². The number of aromatic nitrogens is 4. The summed E-state index contributed by atoms with van der Waals surface area (Å²) in [5.41, 5.74) is 1.36. The lowest BCUT2D eigenvalue weighted by Crippen LogP contribution is -2.31. The minimum Gasteiger partial charge on any atom is -0.497 e. The highest BCUT2D eigenvalue weighted by Crippen LogP contribution is 2.32. The van der Waals surface area contributed by atoms with Gasteiger partial charge in [-0.2, -0.15) is 0 Å². The lowest BCUT2D eigenvalue weighted by molar-refractivity contribution is 0.0732. The van der Waals surface area contributed by atoms with Crippen molar-refractivity contribution in [3.8, 4) is 5.75 Å². The van der Waals surface area contributed by atoms with Gasteiger partial charge in [-0.3, -0.25) is 14.8 Å². The van der Waals surface area contributed by atoms with Crippen molar-refractivity contribution in [1.82, 2.24) is 24.8 Å². The van der Waals surface area contributed by atoms with Crippen LogP contribution in [0.5, 0.6) is 5.75 Å². The number of nitrogens with one attached hydrogen (secondary N) is 1. The Kier molecular flexibility index (Phi) is 5.09. The molecule has 1 fully saturated rings. The third-order valence-corrected chi connectivity index (χ3v) is 4.64. The van der Waals surface area contributed by atoms with E-state index < -0.39 is 0 Å². The van der Waals surface area contributed by atoms with E-state index in [0.29, 0.717) is 29.5 Å². The Hall–Kier alpha value is -3.55. The summed E-state index contributed by atoms with van der Waals surface area (Å²) in [5.74, 6) is 1.79. The molecule has 4 rings (SSSR count). The van der Waals surface area contributed by atoms with Gasteiger partial charge in [-0.1, -0.05) is 6.07 Å². The summed E-state index contributed by atoms with van der Waals surface area (Å²) in [4.78, 5) is 32.1. The van der Waals surface area contributed by atoms with Crippen molar-refractivity contribution >= 4 is 17.5 Å². The highest BCUT2D eigenvalue weighted by molar-refractivity contribution is 5.95. The molecule has 1 unspecified atom stereocenters. The smallest absolute Gasteiger partial charge is 0.254 e. The Labute approximate surface area is 162 Å². The molecule has 2 aromatic heterocycles. The lowest BCUT2D eigenvalue weighted by atomic mass is 10.1. The largest absolute Gasteiger partial charge is 0.497 e. The molecule has 8 nitrogen and oxygen atoms in total. The molecule has 1 atom stereocenters. The fraction of sp³-hybridized carbons (Fsp3) is 0.250. The van der Waals surface area contributed by atoms with Crippen LogP contribution in [-0.4, -0.2) is 44.4 Å². The van der Waals surface area contributed by atoms with Crippen LogP contribution < -0.4 is 10.1 Å². The van der Waals surface area contributed by atoms with Crippen LogP contribution in [0.25, 0.3) is 0 Å². The molecule has 3 aromatic rings. The maximum atomic E-state index is 13.1. The van der Waals surface area contributed by atoms with E-state index >= 15 is 0 Å². The molecule has 1 saturated heterocycles. The van der Waals surface area contributed by atoms with Gasteiger partial charge in [0.25, 0.3) is 5.91 Å².